The molecular formula is C16H20ClNO2. The monoisotopic (exact) mass is 293 g/mol. The van der Waals surface area contributed by atoms with Crippen molar-refractivity contribution in [2.24, 2.45) is 0 Å². The third-order valence-corrected chi connectivity index (χ3v) is 4.09. The van der Waals surface area contributed by atoms with E-state index in [2.05, 4.69) is 5.32 Å². The van der Waals surface area contributed by atoms with Gasteiger partial charge in [0, 0.05) is 11.1 Å². The van der Waals surface area contributed by atoms with Gasteiger partial charge in [-0.1, -0.05) is 36.6 Å². The molecule has 1 fully saturated rings. The summed E-state index contributed by atoms with van der Waals surface area (Å²) in [5.41, 5.74) is 1.90. The van der Waals surface area contributed by atoms with Crippen LogP contribution >= 0.6 is 11.6 Å². The lowest BCUT2D eigenvalue weighted by atomic mass is 9.92. The maximum Gasteiger partial charge on any atom is 0.244 e. The maximum absolute atomic E-state index is 11.8. The van der Waals surface area contributed by atoms with Crippen molar-refractivity contribution >= 4 is 23.6 Å². The van der Waals surface area contributed by atoms with Crippen LogP contribution in [0.15, 0.2) is 24.3 Å². The van der Waals surface area contributed by atoms with Gasteiger partial charge in [0.25, 0.3) is 0 Å². The van der Waals surface area contributed by atoms with Crippen molar-refractivity contribution in [3.05, 3.63) is 40.4 Å². The van der Waals surface area contributed by atoms with Gasteiger partial charge in [0.05, 0.1) is 12.1 Å². The molecule has 0 bridgehead atoms. The van der Waals surface area contributed by atoms with Crippen molar-refractivity contribution in [3.8, 4) is 0 Å². The standard InChI is InChI=1S/C16H20ClNO2/c1-11-6-7-12(10-13(11)17)8-9-16(20)18-14-4-2-3-5-15(14)19/h6-10,14-15,19H,2-5H2,1H3,(H,18,20)/b9-8+/t14-,15-/m1/s1. The molecular weight excluding hydrogens is 274 g/mol. The molecule has 0 spiro atoms. The number of aliphatic hydroxyl groups excluding tert-OH is 1. The molecule has 0 heterocycles. The summed E-state index contributed by atoms with van der Waals surface area (Å²) in [5.74, 6) is -0.173. The van der Waals surface area contributed by atoms with E-state index in [9.17, 15) is 9.90 Å². The molecule has 0 radical (unpaired) electrons. The number of aryl methyl sites for hydroxylation is 1. The Morgan fingerprint density at radius 1 is 1.40 bits per heavy atom. The number of nitrogens with one attached hydrogen (secondary N) is 1. The van der Waals surface area contributed by atoms with E-state index < -0.39 is 6.10 Å². The first-order chi connectivity index (χ1) is 9.56. The molecule has 0 aliphatic heterocycles. The van der Waals surface area contributed by atoms with E-state index in [1.807, 2.05) is 25.1 Å². The van der Waals surface area contributed by atoms with Crippen LogP contribution < -0.4 is 5.32 Å². The lowest BCUT2D eigenvalue weighted by Gasteiger charge is -2.27. The Hall–Kier alpha value is -1.32. The minimum atomic E-state index is -0.421. The Morgan fingerprint density at radius 3 is 2.85 bits per heavy atom. The highest BCUT2D eigenvalue weighted by Gasteiger charge is 2.23. The van der Waals surface area contributed by atoms with Crippen LogP contribution in [-0.2, 0) is 4.79 Å². The minimum absolute atomic E-state index is 0.123. The number of hydrogen-bond acceptors (Lipinski definition) is 2. The highest BCUT2D eigenvalue weighted by Crippen LogP contribution is 2.19. The lowest BCUT2D eigenvalue weighted by Crippen LogP contribution is -2.44. The fraction of sp³-hybridized carbons (Fsp3) is 0.438. The number of halogens is 1. The van der Waals surface area contributed by atoms with Crippen molar-refractivity contribution < 1.29 is 9.90 Å². The van der Waals surface area contributed by atoms with Crippen LogP contribution in [0.25, 0.3) is 6.08 Å². The molecule has 3 nitrogen and oxygen atoms in total. The summed E-state index contributed by atoms with van der Waals surface area (Å²) >= 11 is 6.04. The summed E-state index contributed by atoms with van der Waals surface area (Å²) in [4.78, 5) is 11.8. The van der Waals surface area contributed by atoms with Gasteiger partial charge in [-0.3, -0.25) is 4.79 Å². The first-order valence-electron chi connectivity index (χ1n) is 6.99. The largest absolute Gasteiger partial charge is 0.391 e. The molecule has 2 rings (SSSR count). The van der Waals surface area contributed by atoms with Gasteiger partial charge in [-0.05, 0) is 43.0 Å². The third kappa shape index (κ3) is 4.09. The predicted octanol–water partition coefficient (Wildman–Crippen LogP) is 3.08. The van der Waals surface area contributed by atoms with E-state index >= 15 is 0 Å². The normalized spacial score (nSPS) is 22.9. The Balaban J connectivity index is 1.93. The topological polar surface area (TPSA) is 49.3 Å². The number of carbonyl (C=O) groups is 1. The highest BCUT2D eigenvalue weighted by molar-refractivity contribution is 6.31. The molecule has 1 saturated carbocycles. The molecule has 0 aromatic heterocycles. The van der Waals surface area contributed by atoms with Gasteiger partial charge in [-0.15, -0.1) is 0 Å². The van der Waals surface area contributed by atoms with Gasteiger partial charge >= 0.3 is 0 Å². The summed E-state index contributed by atoms with van der Waals surface area (Å²) in [6.07, 6.45) is 6.50. The second-order valence-corrected chi connectivity index (χ2v) is 5.72. The van der Waals surface area contributed by atoms with Crippen LogP contribution in [0.4, 0.5) is 0 Å². The average molecular weight is 294 g/mol. The smallest absolute Gasteiger partial charge is 0.244 e. The summed E-state index contributed by atoms with van der Waals surface area (Å²) in [6.45, 7) is 1.94. The zero-order chi connectivity index (χ0) is 14.5. The van der Waals surface area contributed by atoms with Crippen molar-refractivity contribution in [1.82, 2.24) is 5.32 Å². The van der Waals surface area contributed by atoms with Gasteiger partial charge in [-0.25, -0.2) is 0 Å². The molecule has 108 valence electrons. The maximum atomic E-state index is 11.8. The van der Waals surface area contributed by atoms with Gasteiger partial charge < -0.3 is 10.4 Å². The van der Waals surface area contributed by atoms with Crippen LogP contribution in [0.3, 0.4) is 0 Å². The van der Waals surface area contributed by atoms with E-state index in [1.165, 1.54) is 6.08 Å². The van der Waals surface area contributed by atoms with E-state index in [1.54, 1.807) is 6.08 Å². The number of carbonyl (C=O) groups excluding carboxylic acids is 1. The van der Waals surface area contributed by atoms with Gasteiger partial charge in [-0.2, -0.15) is 0 Å². The summed E-state index contributed by atoms with van der Waals surface area (Å²) in [5, 5.41) is 13.4. The van der Waals surface area contributed by atoms with Crippen molar-refractivity contribution in [2.75, 3.05) is 0 Å². The molecule has 20 heavy (non-hydrogen) atoms. The Bertz CT molecular complexity index is 513. The van der Waals surface area contributed by atoms with Gasteiger partial charge in [0.15, 0.2) is 0 Å². The molecule has 2 atom stereocenters. The Kier molecular flexibility index (Phi) is 5.21. The quantitative estimate of drug-likeness (QED) is 0.842. The van der Waals surface area contributed by atoms with Crippen LogP contribution in [-0.4, -0.2) is 23.2 Å². The molecule has 1 amide bonds. The van der Waals surface area contributed by atoms with E-state index in [4.69, 9.17) is 11.6 Å². The third-order valence-electron chi connectivity index (χ3n) is 3.68. The highest BCUT2D eigenvalue weighted by atomic mass is 35.5. The first kappa shape index (κ1) is 15.1. The molecule has 1 aliphatic rings. The molecule has 0 unspecified atom stereocenters. The van der Waals surface area contributed by atoms with Crippen molar-refractivity contribution in [2.45, 2.75) is 44.8 Å². The number of rotatable bonds is 3. The molecule has 1 aromatic carbocycles. The minimum Gasteiger partial charge on any atom is -0.391 e. The summed E-state index contributed by atoms with van der Waals surface area (Å²) in [7, 11) is 0. The van der Waals surface area contributed by atoms with E-state index in [-0.39, 0.29) is 11.9 Å². The van der Waals surface area contributed by atoms with Crippen molar-refractivity contribution in [3.63, 3.8) is 0 Å². The number of aliphatic hydroxyl groups is 1. The van der Waals surface area contributed by atoms with Gasteiger partial charge in [0.1, 0.15) is 0 Å². The fourth-order valence-electron chi connectivity index (χ4n) is 2.40. The van der Waals surface area contributed by atoms with Crippen LogP contribution in [0, 0.1) is 6.92 Å². The van der Waals surface area contributed by atoms with Crippen LogP contribution in [0.1, 0.15) is 36.8 Å². The Labute approximate surface area is 124 Å². The van der Waals surface area contributed by atoms with Crippen molar-refractivity contribution in [1.29, 1.82) is 0 Å². The molecule has 1 aliphatic carbocycles. The lowest BCUT2D eigenvalue weighted by molar-refractivity contribution is -0.118. The zero-order valence-electron chi connectivity index (χ0n) is 11.6. The molecule has 0 saturated heterocycles. The van der Waals surface area contributed by atoms with E-state index in [0.717, 1.165) is 36.8 Å². The Morgan fingerprint density at radius 2 is 2.15 bits per heavy atom. The summed E-state index contributed by atoms with van der Waals surface area (Å²) < 4.78 is 0. The zero-order valence-corrected chi connectivity index (χ0v) is 12.4. The summed E-state index contributed by atoms with van der Waals surface area (Å²) in [6, 6.07) is 5.55. The second-order valence-electron chi connectivity index (χ2n) is 5.31. The number of amides is 1. The van der Waals surface area contributed by atoms with E-state index in [0.29, 0.717) is 5.02 Å². The average Bonchev–Trinajstić information content (AvgIpc) is 2.43. The molecule has 1 aromatic rings. The van der Waals surface area contributed by atoms with Crippen LogP contribution in [0.5, 0.6) is 0 Å². The fourth-order valence-corrected chi connectivity index (χ4v) is 2.58. The second kappa shape index (κ2) is 6.91. The van der Waals surface area contributed by atoms with Gasteiger partial charge in [0.2, 0.25) is 5.91 Å². The number of benzene rings is 1. The molecule has 4 heteroatoms. The molecule has 2 N–H and O–H groups in total. The number of hydrogen-bond donors (Lipinski definition) is 2. The SMILES string of the molecule is Cc1ccc(/C=C/C(=O)N[C@@H]2CCCC[C@H]2O)cc1Cl. The first-order valence-corrected chi connectivity index (χ1v) is 7.37. The predicted molar refractivity (Wildman–Crippen MR) is 81.6 cm³/mol. The van der Waals surface area contributed by atoms with Crippen LogP contribution in [0.2, 0.25) is 5.02 Å².